The second-order valence-corrected chi connectivity index (χ2v) is 6.05. The van der Waals surface area contributed by atoms with E-state index in [4.69, 9.17) is 10.9 Å². The molecule has 1 aliphatic heterocycles. The maximum Gasteiger partial charge on any atom is 0.190 e. The predicted molar refractivity (Wildman–Crippen MR) is 69.4 cm³/mol. The van der Waals surface area contributed by atoms with Crippen LogP contribution < -0.4 is 15.9 Å². The number of ketones is 1. The normalized spacial score (nSPS) is 37.8. The van der Waals surface area contributed by atoms with Gasteiger partial charge in [0.25, 0.3) is 0 Å². The number of nitrogens with one attached hydrogen (secondary N) is 2. The molecular formula is C13H26N3O3+. The first-order chi connectivity index (χ1) is 9.08. The van der Waals surface area contributed by atoms with E-state index in [0.717, 1.165) is 45.1 Å². The molecule has 0 spiro atoms. The highest BCUT2D eigenvalue weighted by molar-refractivity contribution is 5.82. The third-order valence-electron chi connectivity index (χ3n) is 4.67. The fourth-order valence-electron chi connectivity index (χ4n) is 3.40. The second kappa shape index (κ2) is 6.76. The third-order valence-corrected chi connectivity index (χ3v) is 4.67. The van der Waals surface area contributed by atoms with Gasteiger partial charge in [-0.2, -0.15) is 0 Å². The molecule has 110 valence electrons. The van der Waals surface area contributed by atoms with Crippen LogP contribution >= 0.6 is 0 Å². The summed E-state index contributed by atoms with van der Waals surface area (Å²) in [5.74, 6) is 0.162. The topological polar surface area (TPSA) is 95.3 Å². The van der Waals surface area contributed by atoms with Crippen molar-refractivity contribution in [2.24, 2.45) is 11.7 Å². The van der Waals surface area contributed by atoms with Gasteiger partial charge in [0.15, 0.2) is 5.78 Å². The summed E-state index contributed by atoms with van der Waals surface area (Å²) in [6, 6.07) is -0.326. The maximum absolute atomic E-state index is 12.3. The molecule has 19 heavy (non-hydrogen) atoms. The van der Waals surface area contributed by atoms with Crippen molar-refractivity contribution in [2.75, 3.05) is 13.1 Å². The quantitative estimate of drug-likeness (QED) is 0.456. The van der Waals surface area contributed by atoms with Gasteiger partial charge in [-0.15, -0.1) is 0 Å². The Kier molecular flexibility index (Phi) is 5.29. The lowest BCUT2D eigenvalue weighted by atomic mass is 9.83. The van der Waals surface area contributed by atoms with Gasteiger partial charge in [-0.25, -0.2) is 10.4 Å². The summed E-state index contributed by atoms with van der Waals surface area (Å²) in [5.41, 5.74) is 6.05. The number of rotatable bonds is 4. The molecule has 0 aromatic rings. The number of nitrogens with two attached hydrogens (primary N) is 1. The van der Waals surface area contributed by atoms with Crippen LogP contribution in [0.2, 0.25) is 0 Å². The van der Waals surface area contributed by atoms with E-state index in [9.17, 15) is 10.0 Å². The van der Waals surface area contributed by atoms with Crippen molar-refractivity contribution in [3.8, 4) is 0 Å². The van der Waals surface area contributed by atoms with E-state index in [1.54, 1.807) is 0 Å². The summed E-state index contributed by atoms with van der Waals surface area (Å²) in [4.78, 5) is 13.5. The van der Waals surface area contributed by atoms with Crippen molar-refractivity contribution in [3.05, 3.63) is 5.21 Å². The molecule has 5 atom stereocenters. The van der Waals surface area contributed by atoms with Gasteiger partial charge in [0.1, 0.15) is 18.8 Å². The molecule has 0 amide bonds. The lowest BCUT2D eigenvalue weighted by Crippen LogP contribution is -3.19. The summed E-state index contributed by atoms with van der Waals surface area (Å²) >= 11 is 0. The van der Waals surface area contributed by atoms with Crippen molar-refractivity contribution in [1.82, 2.24) is 0 Å². The molecule has 5 N–H and O–H groups in total. The molecule has 1 heterocycles. The molecule has 0 radical (unpaired) electrons. The molecule has 6 nitrogen and oxygen atoms in total. The van der Waals surface area contributed by atoms with Crippen molar-refractivity contribution in [3.63, 3.8) is 0 Å². The van der Waals surface area contributed by atoms with Crippen LogP contribution in [-0.2, 0) is 4.79 Å². The summed E-state index contributed by atoms with van der Waals surface area (Å²) in [7, 11) is 0. The number of hydrogen-bond acceptors (Lipinski definition) is 4. The Bertz CT molecular complexity index is 312. The van der Waals surface area contributed by atoms with Crippen LogP contribution in [0.15, 0.2) is 0 Å². The first kappa shape index (κ1) is 14.9. The fraction of sp³-hybridized carbons (Fsp3) is 0.923. The lowest BCUT2D eigenvalue weighted by molar-refractivity contribution is -1.07. The van der Waals surface area contributed by atoms with Gasteiger partial charge < -0.3 is 10.1 Å². The summed E-state index contributed by atoms with van der Waals surface area (Å²) in [6.45, 7) is 1.46. The van der Waals surface area contributed by atoms with Gasteiger partial charge >= 0.3 is 0 Å². The lowest BCUT2D eigenvalue weighted by Gasteiger charge is -2.33. The fourth-order valence-corrected chi connectivity index (χ4v) is 3.40. The van der Waals surface area contributed by atoms with Crippen molar-refractivity contribution in [1.29, 1.82) is 0 Å². The molecule has 2 fully saturated rings. The van der Waals surface area contributed by atoms with Crippen molar-refractivity contribution >= 4 is 5.78 Å². The Morgan fingerprint density at radius 2 is 2.11 bits per heavy atom. The smallest absolute Gasteiger partial charge is 0.190 e. The van der Waals surface area contributed by atoms with Gasteiger partial charge in [-0.3, -0.25) is 10.5 Å². The molecule has 2 rings (SSSR count). The van der Waals surface area contributed by atoms with Gasteiger partial charge in [0, 0.05) is 25.2 Å². The predicted octanol–water partition coefficient (Wildman–Crippen LogP) is -1.76. The highest BCUT2D eigenvalue weighted by atomic mass is 16.8. The average molecular weight is 272 g/mol. The molecule has 0 aromatic heterocycles. The molecule has 1 saturated carbocycles. The number of carbonyl (C=O) groups is 1. The Morgan fingerprint density at radius 1 is 1.32 bits per heavy atom. The average Bonchev–Trinajstić information content (AvgIpc) is 2.41. The maximum atomic E-state index is 12.3. The van der Waals surface area contributed by atoms with E-state index in [1.165, 1.54) is 4.90 Å². The zero-order valence-electron chi connectivity index (χ0n) is 11.4. The first-order valence-electron chi connectivity index (χ1n) is 7.43. The number of carbonyl (C=O) groups excluding carboxylic acids is 1. The van der Waals surface area contributed by atoms with Crippen molar-refractivity contribution < 1.29 is 20.1 Å². The molecule has 6 heteroatoms. The van der Waals surface area contributed by atoms with E-state index in [2.05, 4.69) is 0 Å². The van der Waals surface area contributed by atoms with E-state index >= 15 is 0 Å². The Labute approximate surface area is 114 Å². The van der Waals surface area contributed by atoms with E-state index < -0.39 is 5.23 Å². The Morgan fingerprint density at radius 3 is 2.79 bits per heavy atom. The minimum Gasteiger partial charge on any atom is -0.600 e. The summed E-state index contributed by atoms with van der Waals surface area (Å²) in [5, 5.41) is 19.3. The number of likely N-dealkylation sites (tertiary alicyclic amines) is 1. The SMILES string of the molecule is NC1CCCC[NH+]1CC(=O)C1CCCC([NH+]([O-])O)C1. The van der Waals surface area contributed by atoms with Gasteiger partial charge in [-0.1, -0.05) is 0 Å². The standard InChI is InChI=1S/C13H25N3O3/c14-13-6-1-2-7-15(13)9-12(17)10-4-3-5-11(8-10)16(18)19/h10-11,13,16,18H,1-9,14H2/p+1. The van der Waals surface area contributed by atoms with Crippen LogP contribution in [-0.4, -0.2) is 36.3 Å². The number of quaternary nitrogens is 2. The molecule has 0 aromatic carbocycles. The highest BCUT2D eigenvalue weighted by Crippen LogP contribution is 2.23. The number of Topliss-reactive ketones (excluding diaryl/α,β-unsaturated/α-hetero) is 1. The van der Waals surface area contributed by atoms with E-state index in [1.807, 2.05) is 0 Å². The van der Waals surface area contributed by atoms with Gasteiger partial charge in [0.2, 0.25) is 0 Å². The van der Waals surface area contributed by atoms with Crippen LogP contribution in [0.5, 0.6) is 0 Å². The minimum absolute atomic E-state index is 0.0588. The highest BCUT2D eigenvalue weighted by Gasteiger charge is 2.33. The molecule has 1 saturated heterocycles. The first-order valence-corrected chi connectivity index (χ1v) is 7.43. The van der Waals surface area contributed by atoms with Gasteiger partial charge in [0.05, 0.1) is 6.54 Å². The second-order valence-electron chi connectivity index (χ2n) is 6.05. The van der Waals surface area contributed by atoms with Gasteiger partial charge in [-0.05, 0) is 25.7 Å². The monoisotopic (exact) mass is 272 g/mol. The minimum atomic E-state index is -0.750. The summed E-state index contributed by atoms with van der Waals surface area (Å²) in [6.07, 6.45) is 6.32. The number of hydroxylamine groups is 2. The third kappa shape index (κ3) is 3.97. The molecular weight excluding hydrogens is 246 g/mol. The Hall–Kier alpha value is -0.530. The molecule has 2 aliphatic rings. The van der Waals surface area contributed by atoms with E-state index in [0.29, 0.717) is 13.0 Å². The van der Waals surface area contributed by atoms with E-state index in [-0.39, 0.29) is 23.9 Å². The Balaban J connectivity index is 1.85. The summed E-state index contributed by atoms with van der Waals surface area (Å²) < 4.78 is 0. The van der Waals surface area contributed by atoms with Crippen LogP contribution in [0.1, 0.15) is 44.9 Å². The zero-order chi connectivity index (χ0) is 13.8. The molecule has 5 unspecified atom stereocenters. The van der Waals surface area contributed by atoms with Crippen LogP contribution in [0.3, 0.4) is 0 Å². The largest absolute Gasteiger partial charge is 0.600 e. The van der Waals surface area contributed by atoms with Crippen LogP contribution in [0.25, 0.3) is 0 Å². The molecule has 1 aliphatic carbocycles. The van der Waals surface area contributed by atoms with Crippen LogP contribution in [0.4, 0.5) is 0 Å². The van der Waals surface area contributed by atoms with Crippen molar-refractivity contribution in [2.45, 2.75) is 57.2 Å². The number of piperidine rings is 1. The van der Waals surface area contributed by atoms with Crippen LogP contribution in [0, 0.1) is 11.1 Å². The number of hydrogen-bond donors (Lipinski definition) is 4. The zero-order valence-corrected chi connectivity index (χ0v) is 11.4. The molecule has 0 bridgehead atoms.